The topological polar surface area (TPSA) is 51.2 Å². The largest absolute Gasteiger partial charge is 0.293 e. The van der Waals surface area contributed by atoms with E-state index in [9.17, 15) is 13.2 Å². The van der Waals surface area contributed by atoms with Crippen molar-refractivity contribution in [1.82, 2.24) is 0 Å². The van der Waals surface area contributed by atoms with Crippen molar-refractivity contribution in [3.63, 3.8) is 0 Å². The van der Waals surface area contributed by atoms with E-state index in [0.717, 1.165) is 18.4 Å². The summed E-state index contributed by atoms with van der Waals surface area (Å²) in [7, 11) is -3.31. The number of hydrogen-bond acceptors (Lipinski definition) is 3. The maximum atomic E-state index is 12.0. The molecule has 0 radical (unpaired) electrons. The molecule has 0 heterocycles. The SMILES string of the molecule is CCc1ccc(C(=O)CS(=O)(=O)CC(C)CC)cc1. The van der Waals surface area contributed by atoms with Crippen molar-refractivity contribution in [1.29, 1.82) is 0 Å². The Morgan fingerprint density at radius 1 is 1.16 bits per heavy atom. The highest BCUT2D eigenvalue weighted by Gasteiger charge is 2.20. The first-order chi connectivity index (χ1) is 8.88. The Morgan fingerprint density at radius 2 is 1.74 bits per heavy atom. The van der Waals surface area contributed by atoms with Gasteiger partial charge in [-0.15, -0.1) is 0 Å². The van der Waals surface area contributed by atoms with Crippen molar-refractivity contribution in [3.05, 3.63) is 35.4 Å². The smallest absolute Gasteiger partial charge is 0.177 e. The van der Waals surface area contributed by atoms with Gasteiger partial charge in [-0.1, -0.05) is 51.5 Å². The molecule has 1 rings (SSSR count). The highest BCUT2D eigenvalue weighted by atomic mass is 32.2. The lowest BCUT2D eigenvalue weighted by Crippen LogP contribution is -2.22. The molecule has 0 fully saturated rings. The lowest BCUT2D eigenvalue weighted by atomic mass is 10.1. The molecular formula is C15H22O3S. The van der Waals surface area contributed by atoms with Crippen LogP contribution in [0.1, 0.15) is 43.1 Å². The molecule has 0 amide bonds. The van der Waals surface area contributed by atoms with Crippen molar-refractivity contribution in [2.75, 3.05) is 11.5 Å². The van der Waals surface area contributed by atoms with E-state index in [0.29, 0.717) is 5.56 Å². The van der Waals surface area contributed by atoms with Crippen LogP contribution in [0, 0.1) is 5.92 Å². The maximum absolute atomic E-state index is 12.0. The first-order valence-corrected chi connectivity index (χ1v) is 8.52. The summed E-state index contributed by atoms with van der Waals surface area (Å²) in [5.41, 5.74) is 1.61. The fourth-order valence-electron chi connectivity index (χ4n) is 1.82. The lowest BCUT2D eigenvalue weighted by Gasteiger charge is -2.09. The van der Waals surface area contributed by atoms with E-state index in [1.807, 2.05) is 32.9 Å². The predicted octanol–water partition coefficient (Wildman–Crippen LogP) is 2.89. The number of hydrogen-bond donors (Lipinski definition) is 0. The number of sulfone groups is 1. The molecule has 0 N–H and O–H groups in total. The van der Waals surface area contributed by atoms with E-state index in [1.54, 1.807) is 12.1 Å². The summed E-state index contributed by atoms with van der Waals surface area (Å²) in [6, 6.07) is 7.16. The van der Waals surface area contributed by atoms with Crippen LogP contribution < -0.4 is 0 Å². The molecule has 0 aromatic heterocycles. The van der Waals surface area contributed by atoms with Crippen LogP contribution in [0.4, 0.5) is 0 Å². The van der Waals surface area contributed by atoms with Crippen molar-refractivity contribution in [2.24, 2.45) is 5.92 Å². The van der Waals surface area contributed by atoms with Gasteiger partial charge in [0.05, 0.1) is 5.75 Å². The number of carbonyl (C=O) groups excluding carboxylic acids is 1. The monoisotopic (exact) mass is 282 g/mol. The summed E-state index contributed by atoms with van der Waals surface area (Å²) >= 11 is 0. The van der Waals surface area contributed by atoms with Gasteiger partial charge in [0.15, 0.2) is 15.6 Å². The summed E-state index contributed by atoms with van der Waals surface area (Å²) in [5, 5.41) is 0. The molecule has 1 aromatic carbocycles. The van der Waals surface area contributed by atoms with Gasteiger partial charge in [0, 0.05) is 5.56 Å². The van der Waals surface area contributed by atoms with Crippen LogP contribution in [-0.4, -0.2) is 25.7 Å². The minimum Gasteiger partial charge on any atom is -0.293 e. The lowest BCUT2D eigenvalue weighted by molar-refractivity contribution is 0.102. The summed E-state index contributed by atoms with van der Waals surface area (Å²) in [4.78, 5) is 12.0. The van der Waals surface area contributed by atoms with E-state index in [2.05, 4.69) is 0 Å². The second-order valence-electron chi connectivity index (χ2n) is 5.04. The summed E-state index contributed by atoms with van der Waals surface area (Å²) in [6.45, 7) is 5.87. The molecule has 3 nitrogen and oxygen atoms in total. The van der Waals surface area contributed by atoms with Crippen molar-refractivity contribution < 1.29 is 13.2 Å². The van der Waals surface area contributed by atoms with Gasteiger partial charge in [-0.3, -0.25) is 4.79 Å². The van der Waals surface area contributed by atoms with E-state index < -0.39 is 9.84 Å². The standard InChI is InChI=1S/C15H22O3S/c1-4-12(3)10-19(17,18)11-15(16)14-8-6-13(5-2)7-9-14/h6-9,12H,4-5,10-11H2,1-3H3. The van der Waals surface area contributed by atoms with E-state index >= 15 is 0 Å². The van der Waals surface area contributed by atoms with Gasteiger partial charge in [-0.05, 0) is 17.9 Å². The van der Waals surface area contributed by atoms with Gasteiger partial charge in [-0.2, -0.15) is 0 Å². The number of carbonyl (C=O) groups is 1. The van der Waals surface area contributed by atoms with Gasteiger partial charge in [0.25, 0.3) is 0 Å². The molecule has 0 spiro atoms. The third kappa shape index (κ3) is 5.15. The molecule has 0 aliphatic heterocycles. The Bertz CT molecular complexity index is 515. The Balaban J connectivity index is 2.73. The molecule has 0 saturated heterocycles. The normalized spacial score (nSPS) is 13.2. The average Bonchev–Trinajstić information content (AvgIpc) is 2.37. The third-order valence-corrected chi connectivity index (χ3v) is 5.05. The number of rotatable bonds is 7. The molecule has 19 heavy (non-hydrogen) atoms. The molecule has 1 aromatic rings. The fourth-order valence-corrected chi connectivity index (χ4v) is 3.61. The number of ketones is 1. The quantitative estimate of drug-likeness (QED) is 0.723. The van der Waals surface area contributed by atoms with Gasteiger partial charge in [0.2, 0.25) is 0 Å². The highest BCUT2D eigenvalue weighted by molar-refractivity contribution is 7.92. The molecule has 0 aliphatic rings. The predicted molar refractivity (Wildman–Crippen MR) is 78.3 cm³/mol. The van der Waals surface area contributed by atoms with E-state index in [4.69, 9.17) is 0 Å². The summed E-state index contributed by atoms with van der Waals surface area (Å²) < 4.78 is 23.8. The number of aryl methyl sites for hydroxylation is 1. The van der Waals surface area contributed by atoms with Gasteiger partial charge >= 0.3 is 0 Å². The van der Waals surface area contributed by atoms with Crippen LogP contribution in [0.2, 0.25) is 0 Å². The van der Waals surface area contributed by atoms with E-state index in [1.165, 1.54) is 0 Å². The zero-order chi connectivity index (χ0) is 14.5. The average molecular weight is 282 g/mol. The Kier molecular flexibility index (Phi) is 5.73. The zero-order valence-corrected chi connectivity index (χ0v) is 12.7. The molecular weight excluding hydrogens is 260 g/mol. The third-order valence-electron chi connectivity index (χ3n) is 3.27. The molecule has 0 aliphatic carbocycles. The second-order valence-corrected chi connectivity index (χ2v) is 7.15. The van der Waals surface area contributed by atoms with Crippen LogP contribution in [-0.2, 0) is 16.3 Å². The second kappa shape index (κ2) is 6.85. The maximum Gasteiger partial charge on any atom is 0.177 e. The minimum atomic E-state index is -3.31. The van der Waals surface area contributed by atoms with Crippen LogP contribution in [0.5, 0.6) is 0 Å². The fraction of sp³-hybridized carbons (Fsp3) is 0.533. The Labute approximate surface area is 116 Å². The number of benzene rings is 1. The van der Waals surface area contributed by atoms with Crippen LogP contribution in [0.15, 0.2) is 24.3 Å². The van der Waals surface area contributed by atoms with Gasteiger partial charge in [0.1, 0.15) is 5.75 Å². The molecule has 0 saturated carbocycles. The summed E-state index contributed by atoms with van der Waals surface area (Å²) in [5.74, 6) is -0.517. The Hall–Kier alpha value is -1.16. The van der Waals surface area contributed by atoms with Crippen molar-refractivity contribution >= 4 is 15.6 Å². The van der Waals surface area contributed by atoms with Crippen LogP contribution in [0.25, 0.3) is 0 Å². The first kappa shape index (κ1) is 15.9. The molecule has 4 heteroatoms. The van der Waals surface area contributed by atoms with Crippen molar-refractivity contribution in [2.45, 2.75) is 33.6 Å². The zero-order valence-electron chi connectivity index (χ0n) is 11.8. The highest BCUT2D eigenvalue weighted by Crippen LogP contribution is 2.10. The molecule has 0 bridgehead atoms. The van der Waals surface area contributed by atoms with E-state index in [-0.39, 0.29) is 23.2 Å². The minimum absolute atomic E-state index is 0.0856. The van der Waals surface area contributed by atoms with Crippen LogP contribution in [0.3, 0.4) is 0 Å². The first-order valence-electron chi connectivity index (χ1n) is 6.70. The molecule has 106 valence electrons. The van der Waals surface area contributed by atoms with Gasteiger partial charge < -0.3 is 0 Å². The van der Waals surface area contributed by atoms with Gasteiger partial charge in [-0.25, -0.2) is 8.42 Å². The number of Topliss-reactive ketones (excluding diaryl/α,β-unsaturated/α-hetero) is 1. The molecule has 1 unspecified atom stereocenters. The molecule has 1 atom stereocenters. The van der Waals surface area contributed by atoms with Crippen molar-refractivity contribution in [3.8, 4) is 0 Å². The van der Waals surface area contributed by atoms with Crippen LogP contribution >= 0.6 is 0 Å². The Morgan fingerprint density at radius 3 is 2.21 bits per heavy atom. The summed E-state index contributed by atoms with van der Waals surface area (Å²) in [6.07, 6.45) is 1.71.